The molecular formula is C19H24N2O3S. The van der Waals surface area contributed by atoms with Crippen molar-refractivity contribution in [2.75, 3.05) is 0 Å². The molecule has 2 heterocycles. The first-order valence-corrected chi connectivity index (χ1v) is 9.55. The Labute approximate surface area is 151 Å². The molecule has 6 heteroatoms. The molecule has 1 amide bonds. The number of carbonyl (C=O) groups is 2. The average molecular weight is 360 g/mol. The second-order valence-electron chi connectivity index (χ2n) is 6.77. The number of nitrogens with zero attached hydrogens (tertiary/aromatic N) is 2. The van der Waals surface area contributed by atoms with Gasteiger partial charge in [-0.3, -0.25) is 4.79 Å². The Kier molecular flexibility index (Phi) is 5.27. The first-order chi connectivity index (χ1) is 12.0. The van der Waals surface area contributed by atoms with Gasteiger partial charge in [-0.1, -0.05) is 18.9 Å². The summed E-state index contributed by atoms with van der Waals surface area (Å²) in [4.78, 5) is 27.8. The van der Waals surface area contributed by atoms with Gasteiger partial charge in [0, 0.05) is 29.9 Å². The van der Waals surface area contributed by atoms with Crippen LogP contribution in [0.2, 0.25) is 0 Å². The molecule has 0 bridgehead atoms. The fourth-order valence-electron chi connectivity index (χ4n) is 3.79. The molecule has 1 N–H and O–H groups in total. The summed E-state index contributed by atoms with van der Waals surface area (Å²) in [6.07, 6.45) is 6.30. The molecule has 1 fully saturated rings. The van der Waals surface area contributed by atoms with Gasteiger partial charge in [0.1, 0.15) is 0 Å². The van der Waals surface area contributed by atoms with E-state index in [1.807, 2.05) is 16.3 Å². The van der Waals surface area contributed by atoms with E-state index < -0.39 is 5.97 Å². The SMILES string of the molecule is Cc1cn(C)c(CC(=O)N(Cc2cccs2)C2CCCC2)c1C(=O)O. The highest BCUT2D eigenvalue weighted by molar-refractivity contribution is 7.09. The standard InChI is InChI=1S/C19H24N2O3S/c1-13-11-20(2)16(18(13)19(23)24)10-17(22)21(14-6-3-4-7-14)12-15-8-5-9-25-15/h5,8-9,11,14H,3-4,6-7,10,12H2,1-2H3,(H,23,24). The summed E-state index contributed by atoms with van der Waals surface area (Å²) in [5.41, 5.74) is 1.55. The lowest BCUT2D eigenvalue weighted by molar-refractivity contribution is -0.133. The molecule has 0 unspecified atom stereocenters. The van der Waals surface area contributed by atoms with Gasteiger partial charge in [0.05, 0.1) is 18.5 Å². The number of amides is 1. The molecule has 0 aliphatic heterocycles. The van der Waals surface area contributed by atoms with Crippen molar-refractivity contribution < 1.29 is 14.7 Å². The number of carboxylic acid groups (broad SMARTS) is 1. The zero-order valence-corrected chi connectivity index (χ0v) is 15.5. The Morgan fingerprint density at radius 2 is 2.08 bits per heavy atom. The molecular weight excluding hydrogens is 336 g/mol. The molecule has 1 saturated carbocycles. The van der Waals surface area contributed by atoms with E-state index in [9.17, 15) is 14.7 Å². The van der Waals surface area contributed by atoms with Crippen LogP contribution in [0, 0.1) is 6.92 Å². The molecule has 0 radical (unpaired) electrons. The maximum atomic E-state index is 13.1. The molecule has 0 spiro atoms. The summed E-state index contributed by atoms with van der Waals surface area (Å²) in [6, 6.07) is 4.32. The van der Waals surface area contributed by atoms with Crippen molar-refractivity contribution in [2.45, 2.75) is 51.6 Å². The van der Waals surface area contributed by atoms with Crippen LogP contribution in [-0.2, 0) is 24.8 Å². The normalized spacial score (nSPS) is 14.8. The van der Waals surface area contributed by atoms with Crippen LogP contribution in [0.25, 0.3) is 0 Å². The molecule has 1 aliphatic carbocycles. The van der Waals surface area contributed by atoms with E-state index in [0.717, 1.165) is 25.7 Å². The Morgan fingerprint density at radius 3 is 2.68 bits per heavy atom. The highest BCUT2D eigenvalue weighted by Gasteiger charge is 2.29. The van der Waals surface area contributed by atoms with Crippen LogP contribution >= 0.6 is 11.3 Å². The summed E-state index contributed by atoms with van der Waals surface area (Å²) < 4.78 is 1.77. The van der Waals surface area contributed by atoms with E-state index in [4.69, 9.17) is 0 Å². The maximum absolute atomic E-state index is 13.1. The summed E-state index contributed by atoms with van der Waals surface area (Å²) in [5.74, 6) is -0.949. The van der Waals surface area contributed by atoms with Crippen LogP contribution in [0.3, 0.4) is 0 Å². The highest BCUT2D eigenvalue weighted by atomic mass is 32.1. The zero-order valence-electron chi connectivity index (χ0n) is 14.7. The van der Waals surface area contributed by atoms with Gasteiger partial charge in [-0.15, -0.1) is 11.3 Å². The fraction of sp³-hybridized carbons (Fsp3) is 0.474. The minimum Gasteiger partial charge on any atom is -0.478 e. The molecule has 5 nitrogen and oxygen atoms in total. The number of aromatic carboxylic acids is 1. The molecule has 2 aromatic heterocycles. The Balaban J connectivity index is 1.84. The minimum atomic E-state index is -0.966. The molecule has 0 aromatic carbocycles. The number of carbonyl (C=O) groups excluding carboxylic acids is 1. The number of aryl methyl sites for hydroxylation is 2. The van der Waals surface area contributed by atoms with E-state index in [1.165, 1.54) is 4.88 Å². The van der Waals surface area contributed by atoms with E-state index in [2.05, 4.69) is 6.07 Å². The monoisotopic (exact) mass is 360 g/mol. The summed E-state index contributed by atoms with van der Waals surface area (Å²) in [5, 5.41) is 11.5. The molecule has 134 valence electrons. The lowest BCUT2D eigenvalue weighted by Gasteiger charge is -2.29. The van der Waals surface area contributed by atoms with E-state index in [1.54, 1.807) is 36.1 Å². The number of carboxylic acids is 1. The smallest absolute Gasteiger partial charge is 0.337 e. The third-order valence-electron chi connectivity index (χ3n) is 5.02. The average Bonchev–Trinajstić information content (AvgIpc) is 3.27. The van der Waals surface area contributed by atoms with E-state index in [-0.39, 0.29) is 23.9 Å². The van der Waals surface area contributed by atoms with Gasteiger partial charge < -0.3 is 14.6 Å². The maximum Gasteiger partial charge on any atom is 0.337 e. The second-order valence-corrected chi connectivity index (χ2v) is 7.80. The topological polar surface area (TPSA) is 62.5 Å². The second kappa shape index (κ2) is 7.44. The number of hydrogen-bond donors (Lipinski definition) is 1. The number of thiophene rings is 1. The lowest BCUT2D eigenvalue weighted by atomic mass is 10.1. The van der Waals surface area contributed by atoms with Crippen molar-refractivity contribution in [3.8, 4) is 0 Å². The van der Waals surface area contributed by atoms with Crippen molar-refractivity contribution in [3.05, 3.63) is 45.4 Å². The lowest BCUT2D eigenvalue weighted by Crippen LogP contribution is -2.39. The van der Waals surface area contributed by atoms with Gasteiger partial charge in [-0.05, 0) is 36.8 Å². The molecule has 0 atom stereocenters. The molecule has 25 heavy (non-hydrogen) atoms. The first-order valence-electron chi connectivity index (χ1n) is 8.67. The Morgan fingerprint density at radius 1 is 1.36 bits per heavy atom. The third-order valence-corrected chi connectivity index (χ3v) is 5.88. The Hall–Kier alpha value is -2.08. The molecule has 0 saturated heterocycles. The predicted octanol–water partition coefficient (Wildman–Crippen LogP) is 3.61. The van der Waals surface area contributed by atoms with Crippen molar-refractivity contribution in [2.24, 2.45) is 7.05 Å². The van der Waals surface area contributed by atoms with Crippen LogP contribution < -0.4 is 0 Å². The minimum absolute atomic E-state index is 0.0176. The predicted molar refractivity (Wildman–Crippen MR) is 97.9 cm³/mol. The van der Waals surface area contributed by atoms with Gasteiger partial charge in [0.15, 0.2) is 0 Å². The molecule has 1 aliphatic rings. The molecule has 3 rings (SSSR count). The number of aromatic nitrogens is 1. The van der Waals surface area contributed by atoms with Crippen molar-refractivity contribution >= 4 is 23.2 Å². The third kappa shape index (κ3) is 3.79. The van der Waals surface area contributed by atoms with Crippen LogP contribution in [0.4, 0.5) is 0 Å². The van der Waals surface area contributed by atoms with Crippen LogP contribution in [0.5, 0.6) is 0 Å². The van der Waals surface area contributed by atoms with E-state index >= 15 is 0 Å². The van der Waals surface area contributed by atoms with Crippen molar-refractivity contribution in [1.29, 1.82) is 0 Å². The Bertz CT molecular complexity index is 758. The fourth-order valence-corrected chi connectivity index (χ4v) is 4.50. The van der Waals surface area contributed by atoms with Crippen molar-refractivity contribution in [3.63, 3.8) is 0 Å². The van der Waals surface area contributed by atoms with Gasteiger partial charge >= 0.3 is 5.97 Å². The van der Waals surface area contributed by atoms with Crippen LogP contribution in [0.15, 0.2) is 23.7 Å². The van der Waals surface area contributed by atoms with Gasteiger partial charge in [0.25, 0.3) is 0 Å². The van der Waals surface area contributed by atoms with E-state index in [0.29, 0.717) is 17.8 Å². The van der Waals surface area contributed by atoms with Gasteiger partial charge in [-0.2, -0.15) is 0 Å². The summed E-state index contributed by atoms with van der Waals surface area (Å²) in [6.45, 7) is 2.39. The van der Waals surface area contributed by atoms with Gasteiger partial charge in [0.2, 0.25) is 5.91 Å². The van der Waals surface area contributed by atoms with Crippen LogP contribution in [-0.4, -0.2) is 32.5 Å². The first kappa shape index (κ1) is 17.7. The van der Waals surface area contributed by atoms with Crippen molar-refractivity contribution in [1.82, 2.24) is 9.47 Å². The highest BCUT2D eigenvalue weighted by Crippen LogP contribution is 2.27. The number of hydrogen-bond acceptors (Lipinski definition) is 3. The van der Waals surface area contributed by atoms with Gasteiger partial charge in [-0.25, -0.2) is 4.79 Å². The van der Waals surface area contributed by atoms with Crippen LogP contribution in [0.1, 0.15) is 52.2 Å². The summed E-state index contributed by atoms with van der Waals surface area (Å²) >= 11 is 1.66. The molecule has 2 aromatic rings. The largest absolute Gasteiger partial charge is 0.478 e. The zero-order chi connectivity index (χ0) is 18.0. The number of rotatable bonds is 6. The quantitative estimate of drug-likeness (QED) is 0.856. The summed E-state index contributed by atoms with van der Waals surface area (Å²) in [7, 11) is 1.81.